The van der Waals surface area contributed by atoms with Gasteiger partial charge in [0.15, 0.2) is 12.6 Å². The molecule has 3 aliphatic heterocycles. The number of benzene rings is 1. The van der Waals surface area contributed by atoms with Crippen molar-refractivity contribution in [3.8, 4) is 0 Å². The number of hydrogen-bond donors (Lipinski definition) is 3. The van der Waals surface area contributed by atoms with Crippen LogP contribution in [0.3, 0.4) is 0 Å². The molecule has 6 atom stereocenters. The van der Waals surface area contributed by atoms with Crippen LogP contribution >= 0.6 is 0 Å². The van der Waals surface area contributed by atoms with E-state index >= 15 is 0 Å². The molecule has 5 rings (SSSR count). The van der Waals surface area contributed by atoms with Gasteiger partial charge < -0.3 is 34.7 Å². The van der Waals surface area contributed by atoms with Gasteiger partial charge in [0.1, 0.15) is 36.6 Å². The van der Waals surface area contributed by atoms with Crippen LogP contribution in [0, 0.1) is 5.41 Å². The fraction of sp³-hybridized carbons (Fsp3) is 0.556. The Labute approximate surface area is 243 Å². The number of aliphatic hydroxyl groups excluding tert-OH is 1. The van der Waals surface area contributed by atoms with Crippen LogP contribution < -0.4 is 10.6 Å². The molecule has 3 saturated heterocycles. The molecular weight excluding hydrogens is 583 g/mol. The number of amides is 2. The standard InChI is InChI=1S/C27H30F3N3O10/c28-27(29,30)13-39-19(36)6-5-15-3-1-2-4-16(15)12-33-22-24(37)42-17-11-26(22,23(43-33)21-20(17)40-14-41-21)25(38)32-8-7-18(35)31-9-10-34/h1-6,17,20-23,34H,7-14H2,(H,31,35)(H,32,38)/t17-,20+,21+,22+,23-,26+/m1/s1. The first-order chi connectivity index (χ1) is 20.5. The maximum absolute atomic E-state index is 13.9. The highest BCUT2D eigenvalue weighted by molar-refractivity contribution is 5.94. The number of carbonyl (C=O) groups is 4. The summed E-state index contributed by atoms with van der Waals surface area (Å²) in [5.74, 6) is -2.82. The lowest BCUT2D eigenvalue weighted by molar-refractivity contribution is -0.201. The maximum atomic E-state index is 13.9. The number of halogens is 3. The normalized spacial score (nSPS) is 29.7. The lowest BCUT2D eigenvalue weighted by Crippen LogP contribution is -2.69. The van der Waals surface area contributed by atoms with Gasteiger partial charge >= 0.3 is 18.1 Å². The summed E-state index contributed by atoms with van der Waals surface area (Å²) in [5, 5.41) is 15.4. The highest BCUT2D eigenvalue weighted by atomic mass is 19.4. The van der Waals surface area contributed by atoms with Crippen LogP contribution in [-0.4, -0.2) is 104 Å². The first-order valence-electron chi connectivity index (χ1n) is 13.6. The van der Waals surface area contributed by atoms with Crippen LogP contribution in [0.1, 0.15) is 24.0 Å². The molecule has 0 spiro atoms. The van der Waals surface area contributed by atoms with Crippen LogP contribution in [0.4, 0.5) is 13.2 Å². The lowest BCUT2D eigenvalue weighted by Gasteiger charge is -2.48. The molecular formula is C27H30F3N3O10. The molecule has 2 amide bonds. The fourth-order valence-corrected chi connectivity index (χ4v) is 5.94. The summed E-state index contributed by atoms with van der Waals surface area (Å²) >= 11 is 0. The van der Waals surface area contributed by atoms with E-state index in [0.717, 1.165) is 6.08 Å². The number of alkyl halides is 3. The van der Waals surface area contributed by atoms with E-state index in [4.69, 9.17) is 24.2 Å². The number of carbonyl (C=O) groups excluding carboxylic acids is 4. The predicted octanol–water partition coefficient (Wildman–Crippen LogP) is -0.0385. The van der Waals surface area contributed by atoms with Crippen molar-refractivity contribution in [2.75, 3.05) is 33.1 Å². The average molecular weight is 614 g/mol. The van der Waals surface area contributed by atoms with Gasteiger partial charge in [-0.15, -0.1) is 0 Å². The van der Waals surface area contributed by atoms with Gasteiger partial charge in [-0.2, -0.15) is 18.2 Å². The molecule has 1 aliphatic carbocycles. The van der Waals surface area contributed by atoms with E-state index in [1.54, 1.807) is 24.3 Å². The van der Waals surface area contributed by atoms with Crippen LogP contribution in [0.2, 0.25) is 0 Å². The molecule has 0 aromatic heterocycles. The van der Waals surface area contributed by atoms with Crippen molar-refractivity contribution in [3.63, 3.8) is 0 Å². The number of hydroxylamine groups is 2. The first-order valence-corrected chi connectivity index (χ1v) is 13.6. The van der Waals surface area contributed by atoms with Crippen molar-refractivity contribution in [2.24, 2.45) is 5.41 Å². The lowest BCUT2D eigenvalue weighted by atomic mass is 9.62. The summed E-state index contributed by atoms with van der Waals surface area (Å²) in [6.45, 7) is -2.09. The van der Waals surface area contributed by atoms with E-state index in [-0.39, 0.29) is 51.8 Å². The van der Waals surface area contributed by atoms with Crippen LogP contribution in [0.25, 0.3) is 6.08 Å². The van der Waals surface area contributed by atoms with E-state index in [2.05, 4.69) is 15.4 Å². The zero-order valence-electron chi connectivity index (χ0n) is 22.7. The maximum Gasteiger partial charge on any atom is 0.422 e. The van der Waals surface area contributed by atoms with Crippen molar-refractivity contribution in [1.82, 2.24) is 15.7 Å². The fourth-order valence-electron chi connectivity index (χ4n) is 5.94. The van der Waals surface area contributed by atoms with Crippen LogP contribution in [0.5, 0.6) is 0 Å². The van der Waals surface area contributed by atoms with Gasteiger partial charge in [-0.25, -0.2) is 4.79 Å². The number of nitrogens with zero attached hydrogens (tertiary/aromatic N) is 1. The van der Waals surface area contributed by atoms with E-state index in [1.165, 1.54) is 11.1 Å². The van der Waals surface area contributed by atoms with Gasteiger partial charge in [0, 0.05) is 32.0 Å². The van der Waals surface area contributed by atoms with Crippen LogP contribution in [-0.2, 0) is 49.5 Å². The minimum Gasteiger partial charge on any atom is -0.458 e. The second-order valence-electron chi connectivity index (χ2n) is 10.4. The summed E-state index contributed by atoms with van der Waals surface area (Å²) < 4.78 is 58.5. The number of rotatable bonds is 11. The molecule has 234 valence electrons. The Hall–Kier alpha value is -3.57. The van der Waals surface area contributed by atoms with Gasteiger partial charge in [0.2, 0.25) is 11.8 Å². The Kier molecular flexibility index (Phi) is 9.03. The number of ether oxygens (including phenoxy) is 4. The van der Waals surface area contributed by atoms with Crippen LogP contribution in [0.15, 0.2) is 30.3 Å². The summed E-state index contributed by atoms with van der Waals surface area (Å²) in [6, 6.07) is 5.39. The number of nitrogens with one attached hydrogen (secondary N) is 2. The first kappa shape index (κ1) is 30.9. The molecule has 4 fully saturated rings. The molecule has 0 unspecified atom stereocenters. The molecule has 4 aliphatic rings. The number of aliphatic hydroxyl groups is 1. The Bertz CT molecular complexity index is 1280. The minimum atomic E-state index is -4.67. The Morgan fingerprint density at radius 2 is 1.91 bits per heavy atom. The van der Waals surface area contributed by atoms with Gasteiger partial charge in [0.05, 0.1) is 13.2 Å². The molecule has 1 aromatic rings. The number of fused-ring (bicyclic) bond motifs is 4. The molecule has 1 aromatic carbocycles. The van der Waals surface area contributed by atoms with Crippen molar-refractivity contribution >= 4 is 29.8 Å². The molecule has 16 heteroatoms. The average Bonchev–Trinajstić information content (AvgIpc) is 3.59. The minimum absolute atomic E-state index is 0.0412. The molecule has 2 bridgehead atoms. The molecule has 3 N–H and O–H groups in total. The monoisotopic (exact) mass is 613 g/mol. The van der Waals surface area contributed by atoms with Gasteiger partial charge in [0.25, 0.3) is 0 Å². The van der Waals surface area contributed by atoms with Crippen molar-refractivity contribution in [3.05, 3.63) is 41.5 Å². The van der Waals surface area contributed by atoms with E-state index < -0.39 is 66.5 Å². The topological polar surface area (TPSA) is 162 Å². The molecule has 0 radical (unpaired) electrons. The van der Waals surface area contributed by atoms with E-state index in [0.29, 0.717) is 11.1 Å². The largest absolute Gasteiger partial charge is 0.458 e. The zero-order valence-corrected chi connectivity index (χ0v) is 22.7. The quantitative estimate of drug-likeness (QED) is 0.227. The predicted molar refractivity (Wildman–Crippen MR) is 136 cm³/mol. The van der Waals surface area contributed by atoms with Gasteiger partial charge in [-0.1, -0.05) is 24.3 Å². The molecule has 3 heterocycles. The number of hydrogen-bond acceptors (Lipinski definition) is 11. The number of esters is 2. The molecule has 1 saturated carbocycles. The third-order valence-corrected chi connectivity index (χ3v) is 7.72. The Morgan fingerprint density at radius 1 is 1.14 bits per heavy atom. The summed E-state index contributed by atoms with van der Waals surface area (Å²) in [4.78, 5) is 57.4. The smallest absolute Gasteiger partial charge is 0.422 e. The Morgan fingerprint density at radius 3 is 2.67 bits per heavy atom. The molecule has 13 nitrogen and oxygen atoms in total. The summed E-state index contributed by atoms with van der Waals surface area (Å²) in [6.07, 6.45) is -5.63. The Balaban J connectivity index is 1.37. The third kappa shape index (κ3) is 6.38. The second-order valence-corrected chi connectivity index (χ2v) is 10.4. The highest BCUT2D eigenvalue weighted by Crippen LogP contribution is 2.55. The van der Waals surface area contributed by atoms with Crippen molar-refractivity contribution in [1.29, 1.82) is 0 Å². The van der Waals surface area contributed by atoms with E-state index in [9.17, 15) is 32.3 Å². The van der Waals surface area contributed by atoms with Crippen molar-refractivity contribution < 1.29 is 61.2 Å². The summed E-state index contributed by atoms with van der Waals surface area (Å²) in [7, 11) is 0. The van der Waals surface area contributed by atoms with E-state index in [1.807, 2.05) is 0 Å². The third-order valence-electron chi connectivity index (χ3n) is 7.72. The molecule has 43 heavy (non-hydrogen) atoms. The zero-order chi connectivity index (χ0) is 30.8. The van der Waals surface area contributed by atoms with Gasteiger partial charge in [-0.05, 0) is 17.2 Å². The van der Waals surface area contributed by atoms with Gasteiger partial charge in [-0.3, -0.25) is 19.2 Å². The van der Waals surface area contributed by atoms with Crippen molar-refractivity contribution in [2.45, 2.75) is 56.0 Å². The SMILES string of the molecule is O=C(CCNC(=O)[C@@]12C[C@H]3OC(=O)[C@@H]1N(Cc1ccccc1C=CC(=O)OCC(F)(F)F)O[C@@H]2[C@H]1OCO[C@H]13)NCCO. The highest BCUT2D eigenvalue weighted by Gasteiger charge is 2.74. The summed E-state index contributed by atoms with van der Waals surface area (Å²) in [5.41, 5.74) is -0.507. The second kappa shape index (κ2) is 12.6.